The number of ether oxygens (including phenoxy) is 2. The molecule has 114 valence electrons. The van der Waals surface area contributed by atoms with E-state index in [1.165, 1.54) is 0 Å². The van der Waals surface area contributed by atoms with Crippen LogP contribution in [-0.4, -0.2) is 36.0 Å². The maximum atomic E-state index is 11.4. The molecule has 0 spiro atoms. The fourth-order valence-electron chi connectivity index (χ4n) is 2.49. The Labute approximate surface area is 124 Å². The van der Waals surface area contributed by atoms with E-state index in [-0.39, 0.29) is 5.92 Å². The summed E-state index contributed by atoms with van der Waals surface area (Å²) in [5.41, 5.74) is 2.32. The van der Waals surface area contributed by atoms with Crippen LogP contribution in [0.4, 0.5) is 0 Å². The van der Waals surface area contributed by atoms with Gasteiger partial charge >= 0.3 is 5.97 Å². The van der Waals surface area contributed by atoms with Gasteiger partial charge in [-0.3, -0.25) is 0 Å². The number of aromatic carboxylic acids is 1. The highest BCUT2D eigenvalue weighted by Gasteiger charge is 2.18. The van der Waals surface area contributed by atoms with Crippen LogP contribution in [0.1, 0.15) is 35.7 Å². The molecule has 0 unspecified atom stereocenters. The summed E-state index contributed by atoms with van der Waals surface area (Å²) in [6.07, 6.45) is 1.65. The van der Waals surface area contributed by atoms with Gasteiger partial charge in [0.25, 0.3) is 0 Å². The van der Waals surface area contributed by atoms with E-state index < -0.39 is 5.97 Å². The zero-order valence-corrected chi connectivity index (χ0v) is 12.8. The van der Waals surface area contributed by atoms with Crippen LogP contribution in [0.15, 0.2) is 18.3 Å². The first-order valence-electron chi connectivity index (χ1n) is 6.93. The van der Waals surface area contributed by atoms with E-state index in [2.05, 4.69) is 13.8 Å². The van der Waals surface area contributed by atoms with Crippen molar-refractivity contribution in [3.05, 3.63) is 29.5 Å². The molecule has 0 atom stereocenters. The fraction of sp³-hybridized carbons (Fsp3) is 0.438. The number of hydrogen-bond acceptors (Lipinski definition) is 3. The molecule has 1 heterocycles. The Hall–Kier alpha value is -2.01. The normalized spacial score (nSPS) is 11.3. The van der Waals surface area contributed by atoms with Crippen molar-refractivity contribution in [1.82, 2.24) is 4.57 Å². The Morgan fingerprint density at radius 1 is 1.33 bits per heavy atom. The average Bonchev–Trinajstić information content (AvgIpc) is 2.76. The highest BCUT2D eigenvalue weighted by atomic mass is 16.5. The number of methoxy groups -OCH3 is 1. The highest BCUT2D eigenvalue weighted by molar-refractivity contribution is 6.05. The van der Waals surface area contributed by atoms with Gasteiger partial charge in [-0.2, -0.15) is 0 Å². The first kappa shape index (κ1) is 15.4. The third-order valence-electron chi connectivity index (χ3n) is 3.49. The number of fused-ring (bicyclic) bond motifs is 1. The molecule has 5 nitrogen and oxygen atoms in total. The zero-order chi connectivity index (χ0) is 15.6. The molecule has 0 radical (unpaired) electrons. The molecule has 0 saturated carbocycles. The number of rotatable bonds is 6. The van der Waals surface area contributed by atoms with Gasteiger partial charge in [-0.05, 0) is 23.6 Å². The Balaban J connectivity index is 2.58. The molecule has 1 aromatic carbocycles. The molecule has 2 rings (SSSR count). The van der Waals surface area contributed by atoms with Crippen molar-refractivity contribution in [1.29, 1.82) is 0 Å². The minimum Gasteiger partial charge on any atom is -0.491 e. The monoisotopic (exact) mass is 291 g/mol. The van der Waals surface area contributed by atoms with Crippen LogP contribution in [-0.2, 0) is 11.8 Å². The van der Waals surface area contributed by atoms with Gasteiger partial charge < -0.3 is 19.1 Å². The first-order valence-corrected chi connectivity index (χ1v) is 6.93. The van der Waals surface area contributed by atoms with E-state index in [4.69, 9.17) is 9.47 Å². The Morgan fingerprint density at radius 3 is 2.62 bits per heavy atom. The second-order valence-electron chi connectivity index (χ2n) is 5.36. The molecule has 0 amide bonds. The van der Waals surface area contributed by atoms with Crippen molar-refractivity contribution in [2.24, 2.45) is 7.05 Å². The molecule has 1 N–H and O–H groups in total. The summed E-state index contributed by atoms with van der Waals surface area (Å²) >= 11 is 0. The molecule has 2 aromatic rings. The van der Waals surface area contributed by atoms with Crippen LogP contribution >= 0.6 is 0 Å². The van der Waals surface area contributed by atoms with Gasteiger partial charge in [0.05, 0.1) is 17.7 Å². The summed E-state index contributed by atoms with van der Waals surface area (Å²) in [5.74, 6) is 0.0232. The summed E-state index contributed by atoms with van der Waals surface area (Å²) in [7, 11) is 3.48. The molecule has 0 fully saturated rings. The lowest BCUT2D eigenvalue weighted by molar-refractivity contribution is 0.0699. The zero-order valence-electron chi connectivity index (χ0n) is 12.8. The molecule has 0 aliphatic rings. The highest BCUT2D eigenvalue weighted by Crippen LogP contribution is 2.33. The average molecular weight is 291 g/mol. The van der Waals surface area contributed by atoms with Crippen molar-refractivity contribution in [2.45, 2.75) is 19.8 Å². The summed E-state index contributed by atoms with van der Waals surface area (Å²) in [6.45, 7) is 5.10. The minimum absolute atomic E-state index is 0.272. The number of aryl methyl sites for hydroxylation is 1. The van der Waals surface area contributed by atoms with Crippen molar-refractivity contribution in [3.63, 3.8) is 0 Å². The van der Waals surface area contributed by atoms with Crippen LogP contribution < -0.4 is 4.74 Å². The maximum Gasteiger partial charge on any atom is 0.337 e. The lowest BCUT2D eigenvalue weighted by Gasteiger charge is -2.13. The van der Waals surface area contributed by atoms with Crippen molar-refractivity contribution in [2.75, 3.05) is 20.3 Å². The Kier molecular flexibility index (Phi) is 4.53. The minimum atomic E-state index is -0.927. The number of hydrogen-bond donors (Lipinski definition) is 1. The number of carboxylic acid groups (broad SMARTS) is 1. The van der Waals surface area contributed by atoms with Crippen LogP contribution in [0.25, 0.3) is 10.9 Å². The quantitative estimate of drug-likeness (QED) is 0.831. The third-order valence-corrected chi connectivity index (χ3v) is 3.49. The molecule has 0 saturated heterocycles. The van der Waals surface area contributed by atoms with Crippen LogP contribution in [0.5, 0.6) is 5.75 Å². The Morgan fingerprint density at radius 2 is 2.05 bits per heavy atom. The van der Waals surface area contributed by atoms with Gasteiger partial charge in [-0.1, -0.05) is 13.8 Å². The van der Waals surface area contributed by atoms with Crippen molar-refractivity contribution < 1.29 is 19.4 Å². The smallest absolute Gasteiger partial charge is 0.337 e. The van der Waals surface area contributed by atoms with E-state index in [9.17, 15) is 9.90 Å². The Bertz CT molecular complexity index is 658. The topological polar surface area (TPSA) is 60.7 Å². The SMILES string of the molecule is COCCOc1cc(C(C)C)c2c(c1)c(C(=O)O)cn2C. The molecule has 0 aliphatic carbocycles. The second kappa shape index (κ2) is 6.18. The first-order chi connectivity index (χ1) is 9.95. The van der Waals surface area contributed by atoms with Gasteiger partial charge in [0, 0.05) is 25.7 Å². The van der Waals surface area contributed by atoms with Crippen molar-refractivity contribution in [3.8, 4) is 5.75 Å². The van der Waals surface area contributed by atoms with E-state index >= 15 is 0 Å². The summed E-state index contributed by atoms with van der Waals surface area (Å²) in [5, 5.41) is 10.1. The summed E-state index contributed by atoms with van der Waals surface area (Å²) < 4.78 is 12.5. The van der Waals surface area contributed by atoms with Gasteiger partial charge in [-0.25, -0.2) is 4.79 Å². The molecule has 5 heteroatoms. The largest absolute Gasteiger partial charge is 0.491 e. The molecule has 0 aliphatic heterocycles. The molecule has 21 heavy (non-hydrogen) atoms. The maximum absolute atomic E-state index is 11.4. The van der Waals surface area contributed by atoms with Crippen molar-refractivity contribution >= 4 is 16.9 Å². The predicted octanol–water partition coefficient (Wildman–Crippen LogP) is 3.03. The number of benzene rings is 1. The molecule has 0 bridgehead atoms. The molecular weight excluding hydrogens is 270 g/mol. The summed E-state index contributed by atoms with van der Waals surface area (Å²) in [6, 6.07) is 3.77. The van der Waals surface area contributed by atoms with E-state index in [0.29, 0.717) is 29.9 Å². The lowest BCUT2D eigenvalue weighted by Crippen LogP contribution is -2.05. The summed E-state index contributed by atoms with van der Waals surface area (Å²) in [4.78, 5) is 11.4. The van der Waals surface area contributed by atoms with E-state index in [0.717, 1.165) is 11.1 Å². The fourth-order valence-corrected chi connectivity index (χ4v) is 2.49. The third kappa shape index (κ3) is 3.03. The number of aromatic nitrogens is 1. The molecular formula is C16H21NO4. The lowest BCUT2D eigenvalue weighted by atomic mass is 9.99. The van der Waals surface area contributed by atoms with Crippen LogP contribution in [0, 0.1) is 0 Å². The van der Waals surface area contributed by atoms with Gasteiger partial charge in [0.1, 0.15) is 12.4 Å². The number of nitrogens with zero attached hydrogens (tertiary/aromatic N) is 1. The van der Waals surface area contributed by atoms with E-state index in [1.54, 1.807) is 19.4 Å². The molecule has 1 aromatic heterocycles. The van der Waals surface area contributed by atoms with E-state index in [1.807, 2.05) is 17.7 Å². The second-order valence-corrected chi connectivity index (χ2v) is 5.36. The predicted molar refractivity (Wildman–Crippen MR) is 81.3 cm³/mol. The van der Waals surface area contributed by atoms with Gasteiger partial charge in [0.2, 0.25) is 0 Å². The van der Waals surface area contributed by atoms with Gasteiger partial charge in [-0.15, -0.1) is 0 Å². The van der Waals surface area contributed by atoms with Crippen LogP contribution in [0.2, 0.25) is 0 Å². The van der Waals surface area contributed by atoms with Gasteiger partial charge in [0.15, 0.2) is 0 Å². The number of carboxylic acids is 1. The van der Waals surface area contributed by atoms with Crippen LogP contribution in [0.3, 0.4) is 0 Å². The standard InChI is InChI=1S/C16H21NO4/c1-10(2)12-7-11(21-6-5-20-4)8-13-14(16(18)19)9-17(3)15(12)13/h7-10H,5-6H2,1-4H3,(H,18,19). The number of carbonyl (C=O) groups is 1.